The second-order valence-corrected chi connectivity index (χ2v) is 6.36. The zero-order valence-electron chi connectivity index (χ0n) is 15.2. The van der Waals surface area contributed by atoms with Gasteiger partial charge in [0.25, 0.3) is 0 Å². The molecule has 0 saturated carbocycles. The predicted octanol–water partition coefficient (Wildman–Crippen LogP) is 4.53. The van der Waals surface area contributed by atoms with E-state index < -0.39 is 0 Å². The second kappa shape index (κ2) is 8.81. The van der Waals surface area contributed by atoms with E-state index in [2.05, 4.69) is 28.8 Å². The van der Waals surface area contributed by atoms with E-state index in [-0.39, 0.29) is 18.2 Å². The van der Waals surface area contributed by atoms with Gasteiger partial charge >= 0.3 is 0 Å². The van der Waals surface area contributed by atoms with Gasteiger partial charge in [-0.15, -0.1) is 0 Å². The first kappa shape index (κ1) is 18.4. The fourth-order valence-corrected chi connectivity index (χ4v) is 2.86. The molecule has 3 rings (SSSR count). The average Bonchev–Trinajstić information content (AvgIpc) is 2.68. The minimum atomic E-state index is -0.162. The first-order valence-corrected chi connectivity index (χ1v) is 8.88. The van der Waals surface area contributed by atoms with Crippen molar-refractivity contribution in [3.8, 4) is 0 Å². The van der Waals surface area contributed by atoms with Crippen molar-refractivity contribution in [2.24, 2.45) is 0 Å². The van der Waals surface area contributed by atoms with E-state index >= 15 is 0 Å². The number of carbonyl (C=O) groups excluding carboxylic acids is 2. The molecule has 0 saturated heterocycles. The molecule has 0 unspecified atom stereocenters. The molecule has 4 nitrogen and oxygen atoms in total. The lowest BCUT2D eigenvalue weighted by Crippen LogP contribution is -2.22. The maximum absolute atomic E-state index is 12.3. The number of nitrogens with one attached hydrogen (secondary N) is 2. The fourth-order valence-electron chi connectivity index (χ4n) is 2.86. The molecule has 0 atom stereocenters. The highest BCUT2D eigenvalue weighted by Gasteiger charge is 2.07. The van der Waals surface area contributed by atoms with Crippen molar-refractivity contribution in [2.75, 3.05) is 17.2 Å². The summed E-state index contributed by atoms with van der Waals surface area (Å²) in [6.45, 7) is 1.66. The predicted molar refractivity (Wildman–Crippen MR) is 109 cm³/mol. The molecule has 0 fully saturated rings. The van der Waals surface area contributed by atoms with Crippen molar-refractivity contribution in [1.82, 2.24) is 0 Å². The highest BCUT2D eigenvalue weighted by atomic mass is 16.2. The Bertz CT molecular complexity index is 936. The van der Waals surface area contributed by atoms with E-state index in [4.69, 9.17) is 0 Å². The SMILES string of the molecule is CC(=O)c1cccc(NC(=O)CNc2ccccc2Cc2ccccc2)c1. The van der Waals surface area contributed by atoms with Crippen LogP contribution in [0.1, 0.15) is 28.4 Å². The molecule has 0 bridgehead atoms. The Hall–Kier alpha value is -3.40. The summed E-state index contributed by atoms with van der Waals surface area (Å²) in [5.74, 6) is -0.190. The van der Waals surface area contributed by atoms with Gasteiger partial charge in [0.15, 0.2) is 5.78 Å². The molecule has 0 aliphatic rings. The highest BCUT2D eigenvalue weighted by Crippen LogP contribution is 2.19. The van der Waals surface area contributed by atoms with Gasteiger partial charge in [-0.2, -0.15) is 0 Å². The van der Waals surface area contributed by atoms with E-state index in [0.717, 1.165) is 17.7 Å². The molecule has 3 aromatic rings. The van der Waals surface area contributed by atoms with Gasteiger partial charge in [-0.3, -0.25) is 9.59 Å². The number of benzene rings is 3. The Morgan fingerprint density at radius 2 is 1.59 bits per heavy atom. The topological polar surface area (TPSA) is 58.2 Å². The number of ketones is 1. The molecule has 3 aromatic carbocycles. The van der Waals surface area contributed by atoms with Crippen LogP contribution in [0.3, 0.4) is 0 Å². The lowest BCUT2D eigenvalue weighted by molar-refractivity contribution is -0.114. The zero-order valence-corrected chi connectivity index (χ0v) is 15.2. The van der Waals surface area contributed by atoms with Crippen LogP contribution >= 0.6 is 0 Å². The summed E-state index contributed by atoms with van der Waals surface area (Å²) in [6, 6.07) is 25.1. The third-order valence-electron chi connectivity index (χ3n) is 4.25. The Morgan fingerprint density at radius 1 is 0.852 bits per heavy atom. The van der Waals surface area contributed by atoms with Crippen molar-refractivity contribution < 1.29 is 9.59 Å². The number of hydrogen-bond donors (Lipinski definition) is 2. The van der Waals surface area contributed by atoms with E-state index in [9.17, 15) is 9.59 Å². The molecule has 1 amide bonds. The van der Waals surface area contributed by atoms with Gasteiger partial charge in [0.1, 0.15) is 0 Å². The van der Waals surface area contributed by atoms with E-state index in [1.54, 1.807) is 24.3 Å². The third kappa shape index (κ3) is 5.28. The third-order valence-corrected chi connectivity index (χ3v) is 4.25. The molecule has 0 spiro atoms. The van der Waals surface area contributed by atoms with Crippen LogP contribution in [0.25, 0.3) is 0 Å². The number of rotatable bonds is 7. The maximum atomic E-state index is 12.3. The molecule has 0 aliphatic carbocycles. The molecule has 0 radical (unpaired) electrons. The number of para-hydroxylation sites is 1. The molecular weight excluding hydrogens is 336 g/mol. The Kier molecular flexibility index (Phi) is 6.00. The van der Waals surface area contributed by atoms with Crippen LogP contribution in [0.4, 0.5) is 11.4 Å². The first-order valence-electron chi connectivity index (χ1n) is 8.88. The van der Waals surface area contributed by atoms with Crippen LogP contribution < -0.4 is 10.6 Å². The van der Waals surface area contributed by atoms with Crippen molar-refractivity contribution in [1.29, 1.82) is 0 Å². The van der Waals surface area contributed by atoms with Gasteiger partial charge in [-0.05, 0) is 42.7 Å². The summed E-state index contributed by atoms with van der Waals surface area (Å²) >= 11 is 0. The largest absolute Gasteiger partial charge is 0.376 e. The number of carbonyl (C=O) groups is 2. The number of Topliss-reactive ketones (excluding diaryl/α,β-unsaturated/α-hetero) is 1. The quantitative estimate of drug-likeness (QED) is 0.610. The normalized spacial score (nSPS) is 10.3. The Labute approximate surface area is 159 Å². The maximum Gasteiger partial charge on any atom is 0.243 e. The number of anilines is 2. The molecule has 136 valence electrons. The first-order chi connectivity index (χ1) is 13.1. The van der Waals surface area contributed by atoms with Crippen LogP contribution in [0.15, 0.2) is 78.9 Å². The number of amides is 1. The van der Waals surface area contributed by atoms with E-state index in [1.165, 1.54) is 12.5 Å². The molecule has 0 aliphatic heterocycles. The fraction of sp³-hybridized carbons (Fsp3) is 0.130. The lowest BCUT2D eigenvalue weighted by atomic mass is 10.0. The summed E-state index contributed by atoms with van der Waals surface area (Å²) in [5, 5.41) is 6.03. The molecule has 0 aromatic heterocycles. The van der Waals surface area contributed by atoms with Crippen LogP contribution in [0.5, 0.6) is 0 Å². The smallest absolute Gasteiger partial charge is 0.243 e. The van der Waals surface area contributed by atoms with Crippen LogP contribution in [0, 0.1) is 0 Å². The summed E-state index contributed by atoms with van der Waals surface area (Å²) in [5.41, 5.74) is 4.49. The van der Waals surface area contributed by atoms with E-state index in [0.29, 0.717) is 11.3 Å². The zero-order chi connectivity index (χ0) is 19.1. The highest BCUT2D eigenvalue weighted by molar-refractivity contribution is 5.98. The standard InChI is InChI=1S/C23H22N2O2/c1-17(26)19-11-7-12-21(15-19)25-23(27)16-24-22-13-6-5-10-20(22)14-18-8-3-2-4-9-18/h2-13,15,24H,14,16H2,1H3,(H,25,27). The molecule has 0 heterocycles. The minimum Gasteiger partial charge on any atom is -0.376 e. The molecule has 2 N–H and O–H groups in total. The van der Waals surface area contributed by atoms with Gasteiger partial charge in [0.05, 0.1) is 6.54 Å². The van der Waals surface area contributed by atoms with Gasteiger partial charge in [-0.25, -0.2) is 0 Å². The van der Waals surface area contributed by atoms with Crippen molar-refractivity contribution in [2.45, 2.75) is 13.3 Å². The monoisotopic (exact) mass is 358 g/mol. The van der Waals surface area contributed by atoms with Gasteiger partial charge in [-0.1, -0.05) is 60.7 Å². The summed E-state index contributed by atoms with van der Waals surface area (Å²) in [4.78, 5) is 23.7. The second-order valence-electron chi connectivity index (χ2n) is 6.36. The van der Waals surface area contributed by atoms with Crippen LogP contribution in [0.2, 0.25) is 0 Å². The van der Waals surface area contributed by atoms with Gasteiger partial charge in [0, 0.05) is 16.9 Å². The summed E-state index contributed by atoms with van der Waals surface area (Å²) in [7, 11) is 0. The van der Waals surface area contributed by atoms with Crippen molar-refractivity contribution >= 4 is 23.1 Å². The van der Waals surface area contributed by atoms with Crippen molar-refractivity contribution in [3.63, 3.8) is 0 Å². The molecule has 27 heavy (non-hydrogen) atoms. The van der Waals surface area contributed by atoms with E-state index in [1.807, 2.05) is 36.4 Å². The van der Waals surface area contributed by atoms with Gasteiger partial charge < -0.3 is 10.6 Å². The Balaban J connectivity index is 1.62. The molecule has 4 heteroatoms. The summed E-state index contributed by atoms with van der Waals surface area (Å²) in [6.07, 6.45) is 0.798. The lowest BCUT2D eigenvalue weighted by Gasteiger charge is -2.12. The number of hydrogen-bond acceptors (Lipinski definition) is 3. The minimum absolute atomic E-state index is 0.0286. The summed E-state index contributed by atoms with van der Waals surface area (Å²) < 4.78 is 0. The Morgan fingerprint density at radius 3 is 2.37 bits per heavy atom. The van der Waals surface area contributed by atoms with Crippen molar-refractivity contribution in [3.05, 3.63) is 95.6 Å². The van der Waals surface area contributed by atoms with Gasteiger partial charge in [0.2, 0.25) is 5.91 Å². The molecular formula is C23H22N2O2. The van der Waals surface area contributed by atoms with Crippen LogP contribution in [-0.4, -0.2) is 18.2 Å². The average molecular weight is 358 g/mol. The van der Waals surface area contributed by atoms with Crippen LogP contribution in [-0.2, 0) is 11.2 Å².